The zero-order valence-electron chi connectivity index (χ0n) is 7.11. The second kappa shape index (κ2) is 3.05. The van der Waals surface area contributed by atoms with Crippen molar-refractivity contribution in [2.24, 2.45) is 5.41 Å². The van der Waals surface area contributed by atoms with Gasteiger partial charge in [0.2, 0.25) is 6.43 Å². The number of piperidine rings is 1. The van der Waals surface area contributed by atoms with E-state index in [1.165, 1.54) is 0 Å². The van der Waals surface area contributed by atoms with Crippen molar-refractivity contribution in [1.29, 1.82) is 0 Å². The summed E-state index contributed by atoms with van der Waals surface area (Å²) in [6, 6.07) is 0. The summed E-state index contributed by atoms with van der Waals surface area (Å²) >= 11 is 0. The lowest BCUT2D eigenvalue weighted by molar-refractivity contribution is -0.0311. The monoisotopic (exact) mass is 163 g/mol. The Morgan fingerprint density at radius 2 is 1.73 bits per heavy atom. The number of halogens is 2. The highest BCUT2D eigenvalue weighted by Crippen LogP contribution is 2.36. The maximum atomic E-state index is 12.4. The molecule has 0 radical (unpaired) electrons. The first-order valence-corrected chi connectivity index (χ1v) is 4.01. The molecule has 0 aromatic rings. The van der Waals surface area contributed by atoms with Crippen molar-refractivity contribution in [3.8, 4) is 0 Å². The second-order valence-corrected chi connectivity index (χ2v) is 3.76. The molecule has 1 aliphatic rings. The van der Waals surface area contributed by atoms with Crippen LogP contribution in [0.5, 0.6) is 0 Å². The van der Waals surface area contributed by atoms with Gasteiger partial charge in [-0.05, 0) is 33.0 Å². The van der Waals surface area contributed by atoms with E-state index in [1.54, 1.807) is 6.92 Å². The Balaban J connectivity index is 2.48. The van der Waals surface area contributed by atoms with E-state index in [0.29, 0.717) is 12.8 Å². The largest absolute Gasteiger partial charge is 0.306 e. The van der Waals surface area contributed by atoms with Gasteiger partial charge in [-0.2, -0.15) is 0 Å². The zero-order valence-corrected chi connectivity index (χ0v) is 7.11. The van der Waals surface area contributed by atoms with Crippen LogP contribution in [-0.2, 0) is 0 Å². The molecule has 66 valence electrons. The summed E-state index contributed by atoms with van der Waals surface area (Å²) in [5.41, 5.74) is -0.716. The molecule has 0 aromatic carbocycles. The summed E-state index contributed by atoms with van der Waals surface area (Å²) in [4.78, 5) is 2.10. The van der Waals surface area contributed by atoms with Crippen LogP contribution in [0.2, 0.25) is 0 Å². The highest BCUT2D eigenvalue weighted by atomic mass is 19.3. The van der Waals surface area contributed by atoms with Gasteiger partial charge in [-0.25, -0.2) is 8.78 Å². The van der Waals surface area contributed by atoms with E-state index < -0.39 is 11.8 Å². The first-order valence-electron chi connectivity index (χ1n) is 4.01. The number of alkyl halides is 2. The lowest BCUT2D eigenvalue weighted by Crippen LogP contribution is -2.40. The van der Waals surface area contributed by atoms with Crippen molar-refractivity contribution in [3.63, 3.8) is 0 Å². The van der Waals surface area contributed by atoms with Gasteiger partial charge in [-0.1, -0.05) is 6.92 Å². The van der Waals surface area contributed by atoms with Crippen LogP contribution in [-0.4, -0.2) is 31.5 Å². The van der Waals surface area contributed by atoms with Gasteiger partial charge in [0.25, 0.3) is 0 Å². The lowest BCUT2D eigenvalue weighted by Gasteiger charge is -2.36. The standard InChI is InChI=1S/C8H15F2N/c1-8(7(9)10)3-5-11(2)6-4-8/h7H,3-6H2,1-2H3. The van der Waals surface area contributed by atoms with Crippen LogP contribution in [0.15, 0.2) is 0 Å². The van der Waals surface area contributed by atoms with E-state index in [0.717, 1.165) is 13.1 Å². The molecule has 1 rings (SSSR count). The van der Waals surface area contributed by atoms with Crippen molar-refractivity contribution in [3.05, 3.63) is 0 Å². The van der Waals surface area contributed by atoms with Crippen LogP contribution in [0.3, 0.4) is 0 Å². The van der Waals surface area contributed by atoms with Crippen LogP contribution in [0, 0.1) is 5.41 Å². The second-order valence-electron chi connectivity index (χ2n) is 3.76. The van der Waals surface area contributed by atoms with Crippen molar-refractivity contribution in [2.75, 3.05) is 20.1 Å². The minimum absolute atomic E-state index is 0.626. The summed E-state index contributed by atoms with van der Waals surface area (Å²) in [5.74, 6) is 0. The Hall–Kier alpha value is -0.180. The van der Waals surface area contributed by atoms with Gasteiger partial charge in [0.05, 0.1) is 0 Å². The third kappa shape index (κ3) is 1.89. The number of hydrogen-bond donors (Lipinski definition) is 0. The summed E-state index contributed by atoms with van der Waals surface area (Å²) in [6.45, 7) is 3.30. The highest BCUT2D eigenvalue weighted by molar-refractivity contribution is 4.83. The summed E-state index contributed by atoms with van der Waals surface area (Å²) in [7, 11) is 1.98. The molecule has 0 aromatic heterocycles. The number of nitrogens with zero attached hydrogens (tertiary/aromatic N) is 1. The molecule has 0 aliphatic carbocycles. The highest BCUT2D eigenvalue weighted by Gasteiger charge is 2.37. The van der Waals surface area contributed by atoms with Crippen molar-refractivity contribution in [1.82, 2.24) is 4.90 Å². The molecule has 0 unspecified atom stereocenters. The van der Waals surface area contributed by atoms with E-state index in [9.17, 15) is 8.78 Å². The Labute approximate surface area is 66.4 Å². The molecule has 0 atom stereocenters. The normalized spacial score (nSPS) is 25.9. The molecule has 0 N–H and O–H groups in total. The van der Waals surface area contributed by atoms with Crippen LogP contribution in [0.4, 0.5) is 8.78 Å². The van der Waals surface area contributed by atoms with Gasteiger partial charge in [0.1, 0.15) is 0 Å². The average molecular weight is 163 g/mol. The van der Waals surface area contributed by atoms with E-state index in [-0.39, 0.29) is 0 Å². The summed E-state index contributed by atoms with van der Waals surface area (Å²) in [6.07, 6.45) is -0.904. The van der Waals surface area contributed by atoms with E-state index in [2.05, 4.69) is 4.90 Å². The van der Waals surface area contributed by atoms with Crippen molar-refractivity contribution in [2.45, 2.75) is 26.2 Å². The fraction of sp³-hybridized carbons (Fsp3) is 1.00. The predicted octanol–water partition coefficient (Wildman–Crippen LogP) is 1.98. The Morgan fingerprint density at radius 3 is 2.09 bits per heavy atom. The first-order chi connectivity index (χ1) is 5.04. The molecule has 0 amide bonds. The smallest absolute Gasteiger partial charge is 0.244 e. The molecule has 1 heterocycles. The first kappa shape index (κ1) is 8.91. The fourth-order valence-electron chi connectivity index (χ4n) is 1.35. The van der Waals surface area contributed by atoms with Gasteiger partial charge in [-0.3, -0.25) is 0 Å². The van der Waals surface area contributed by atoms with Gasteiger partial charge >= 0.3 is 0 Å². The number of rotatable bonds is 1. The molecule has 1 nitrogen and oxygen atoms in total. The molecule has 0 spiro atoms. The number of likely N-dealkylation sites (tertiary alicyclic amines) is 1. The van der Waals surface area contributed by atoms with Gasteiger partial charge in [0, 0.05) is 5.41 Å². The summed E-state index contributed by atoms with van der Waals surface area (Å²) < 4.78 is 24.8. The Kier molecular flexibility index (Phi) is 2.47. The summed E-state index contributed by atoms with van der Waals surface area (Å²) in [5, 5.41) is 0. The van der Waals surface area contributed by atoms with Gasteiger partial charge < -0.3 is 4.90 Å². The van der Waals surface area contributed by atoms with Crippen LogP contribution < -0.4 is 0 Å². The predicted molar refractivity (Wildman–Crippen MR) is 40.8 cm³/mol. The Bertz CT molecular complexity index is 128. The molecule has 0 bridgehead atoms. The molecule has 3 heteroatoms. The third-order valence-electron chi connectivity index (χ3n) is 2.66. The SMILES string of the molecule is CN1CCC(C)(C(F)F)CC1. The topological polar surface area (TPSA) is 3.24 Å². The quantitative estimate of drug-likeness (QED) is 0.571. The van der Waals surface area contributed by atoms with E-state index in [1.807, 2.05) is 7.05 Å². The molecule has 1 fully saturated rings. The van der Waals surface area contributed by atoms with Crippen LogP contribution in [0.25, 0.3) is 0 Å². The Morgan fingerprint density at radius 1 is 1.27 bits per heavy atom. The minimum atomic E-state index is -2.16. The van der Waals surface area contributed by atoms with Crippen LogP contribution >= 0.6 is 0 Å². The molecular formula is C8H15F2N. The van der Waals surface area contributed by atoms with Crippen molar-refractivity contribution < 1.29 is 8.78 Å². The minimum Gasteiger partial charge on any atom is -0.306 e. The molecule has 1 aliphatic heterocycles. The molecular weight excluding hydrogens is 148 g/mol. The molecule has 11 heavy (non-hydrogen) atoms. The zero-order chi connectivity index (χ0) is 8.48. The van der Waals surface area contributed by atoms with Crippen molar-refractivity contribution >= 4 is 0 Å². The van der Waals surface area contributed by atoms with Gasteiger partial charge in [-0.15, -0.1) is 0 Å². The average Bonchev–Trinajstić information content (AvgIpc) is 1.95. The molecule has 0 saturated carbocycles. The maximum absolute atomic E-state index is 12.4. The van der Waals surface area contributed by atoms with E-state index in [4.69, 9.17) is 0 Å². The molecule has 1 saturated heterocycles. The third-order valence-corrected chi connectivity index (χ3v) is 2.66. The maximum Gasteiger partial charge on any atom is 0.244 e. The van der Waals surface area contributed by atoms with Gasteiger partial charge in [0.15, 0.2) is 0 Å². The van der Waals surface area contributed by atoms with Crippen LogP contribution in [0.1, 0.15) is 19.8 Å². The van der Waals surface area contributed by atoms with E-state index >= 15 is 0 Å². The number of hydrogen-bond acceptors (Lipinski definition) is 1. The fourth-order valence-corrected chi connectivity index (χ4v) is 1.35. The lowest BCUT2D eigenvalue weighted by atomic mass is 9.81.